The van der Waals surface area contributed by atoms with Gasteiger partial charge in [0.1, 0.15) is 5.82 Å². The van der Waals surface area contributed by atoms with Crippen LogP contribution in [0.5, 0.6) is 0 Å². The van der Waals surface area contributed by atoms with Crippen molar-refractivity contribution in [2.75, 3.05) is 0 Å². The first-order valence-electron chi connectivity index (χ1n) is 6.11. The van der Waals surface area contributed by atoms with Gasteiger partial charge in [-0.25, -0.2) is 4.98 Å². The van der Waals surface area contributed by atoms with Crippen molar-refractivity contribution in [3.63, 3.8) is 0 Å². The number of imidazole rings is 1. The highest BCUT2D eigenvalue weighted by Crippen LogP contribution is 2.36. The maximum absolute atomic E-state index is 6.27. The number of nitrogens with one attached hydrogen (secondary N) is 1. The topological polar surface area (TPSA) is 80.7 Å². The van der Waals surface area contributed by atoms with Gasteiger partial charge in [-0.15, -0.1) is 0 Å². The summed E-state index contributed by atoms with van der Waals surface area (Å²) in [5.74, 6) is 1.47. The number of benzene rings is 1. The van der Waals surface area contributed by atoms with Gasteiger partial charge in [0.2, 0.25) is 0 Å². The molecule has 1 aliphatic rings. The van der Waals surface area contributed by atoms with Gasteiger partial charge in [-0.05, 0) is 43.4 Å². The molecule has 17 heavy (non-hydrogen) atoms. The van der Waals surface area contributed by atoms with Gasteiger partial charge in [0.05, 0.1) is 11.0 Å². The average Bonchev–Trinajstić information content (AvgIpc) is 2.62. The molecule has 4 nitrogen and oxygen atoms in total. The maximum atomic E-state index is 6.27. The number of H-pyrrole nitrogens is 1. The fourth-order valence-corrected chi connectivity index (χ4v) is 2.64. The Morgan fingerprint density at radius 1 is 1.41 bits per heavy atom. The van der Waals surface area contributed by atoms with Gasteiger partial charge in [0.15, 0.2) is 0 Å². The molecule has 1 atom stereocenters. The lowest BCUT2D eigenvalue weighted by Gasteiger charge is -2.36. The average molecular weight is 230 g/mol. The molecule has 0 amide bonds. The first-order valence-corrected chi connectivity index (χ1v) is 6.11. The summed E-state index contributed by atoms with van der Waals surface area (Å²) in [4.78, 5) is 7.63. The number of aryl methyl sites for hydroxylation is 1. The molecular weight excluding hydrogens is 212 g/mol. The van der Waals surface area contributed by atoms with E-state index in [1.807, 2.05) is 13.0 Å². The number of aromatic amines is 1. The Labute approximate surface area is 100 Å². The molecule has 90 valence electrons. The summed E-state index contributed by atoms with van der Waals surface area (Å²) in [6.07, 6.45) is 2.09. The van der Waals surface area contributed by atoms with Crippen LogP contribution in [0.2, 0.25) is 0 Å². The summed E-state index contributed by atoms with van der Waals surface area (Å²) >= 11 is 0. The Bertz CT molecular complexity index is 539. The molecule has 1 fully saturated rings. The van der Waals surface area contributed by atoms with Crippen molar-refractivity contribution < 1.29 is 0 Å². The van der Waals surface area contributed by atoms with Crippen molar-refractivity contribution in [2.24, 2.45) is 17.4 Å². The van der Waals surface area contributed by atoms with Crippen LogP contribution in [0.25, 0.3) is 11.0 Å². The van der Waals surface area contributed by atoms with Crippen molar-refractivity contribution in [3.05, 3.63) is 29.6 Å². The summed E-state index contributed by atoms with van der Waals surface area (Å²) in [6, 6.07) is 6.68. The van der Waals surface area contributed by atoms with Crippen molar-refractivity contribution in [2.45, 2.75) is 31.8 Å². The summed E-state index contributed by atoms with van der Waals surface area (Å²) in [6.45, 7) is 1.96. The molecule has 3 rings (SSSR count). The van der Waals surface area contributed by atoms with E-state index in [9.17, 15) is 0 Å². The zero-order valence-electron chi connectivity index (χ0n) is 9.98. The molecule has 0 saturated heterocycles. The number of hydrogen-bond acceptors (Lipinski definition) is 3. The minimum absolute atomic E-state index is 0.0998. The molecule has 1 aromatic heterocycles. The van der Waals surface area contributed by atoms with E-state index in [0.717, 1.165) is 29.7 Å². The van der Waals surface area contributed by atoms with Gasteiger partial charge >= 0.3 is 0 Å². The van der Waals surface area contributed by atoms with Gasteiger partial charge < -0.3 is 16.5 Å². The second-order valence-corrected chi connectivity index (χ2v) is 5.12. The van der Waals surface area contributed by atoms with Crippen molar-refractivity contribution in [1.82, 2.24) is 9.97 Å². The Balaban J connectivity index is 1.89. The SMILES string of the molecule is Cc1nc2ccc(C(N)C3CC(N)C3)cc2[nH]1. The predicted molar refractivity (Wildman–Crippen MR) is 68.5 cm³/mol. The summed E-state index contributed by atoms with van der Waals surface area (Å²) in [5.41, 5.74) is 15.3. The molecular formula is C13H18N4. The number of rotatable bonds is 2. The molecule has 1 unspecified atom stereocenters. The van der Waals surface area contributed by atoms with Crippen LogP contribution in [0.15, 0.2) is 18.2 Å². The van der Waals surface area contributed by atoms with Gasteiger partial charge in [-0.2, -0.15) is 0 Å². The van der Waals surface area contributed by atoms with Crippen LogP contribution in [0.1, 0.15) is 30.3 Å². The molecule has 0 aliphatic heterocycles. The third-order valence-corrected chi connectivity index (χ3v) is 3.73. The quantitative estimate of drug-likeness (QED) is 0.733. The molecule has 1 saturated carbocycles. The lowest BCUT2D eigenvalue weighted by atomic mass is 9.74. The lowest BCUT2D eigenvalue weighted by molar-refractivity contribution is 0.224. The Kier molecular flexibility index (Phi) is 2.42. The summed E-state index contributed by atoms with van der Waals surface area (Å²) < 4.78 is 0. The van der Waals surface area contributed by atoms with Crippen LogP contribution in [0.4, 0.5) is 0 Å². The normalized spacial score (nSPS) is 25.8. The number of aromatic nitrogens is 2. The van der Waals surface area contributed by atoms with Crippen LogP contribution in [-0.4, -0.2) is 16.0 Å². The van der Waals surface area contributed by atoms with Gasteiger partial charge in [-0.3, -0.25) is 0 Å². The molecule has 0 bridgehead atoms. The molecule has 1 heterocycles. The Morgan fingerprint density at radius 3 is 2.88 bits per heavy atom. The standard InChI is InChI=1S/C13H18N4/c1-7-16-11-3-2-8(6-12(11)17-7)13(15)9-4-10(14)5-9/h2-3,6,9-10,13H,4-5,14-15H2,1H3,(H,16,17). The van der Waals surface area contributed by atoms with Crippen LogP contribution in [0.3, 0.4) is 0 Å². The van der Waals surface area contributed by atoms with E-state index < -0.39 is 0 Å². The van der Waals surface area contributed by atoms with E-state index in [-0.39, 0.29) is 6.04 Å². The van der Waals surface area contributed by atoms with E-state index in [1.165, 1.54) is 5.56 Å². The number of nitrogens with zero attached hydrogens (tertiary/aromatic N) is 1. The van der Waals surface area contributed by atoms with E-state index in [1.54, 1.807) is 0 Å². The number of nitrogens with two attached hydrogens (primary N) is 2. The fourth-order valence-electron chi connectivity index (χ4n) is 2.64. The van der Waals surface area contributed by atoms with E-state index in [0.29, 0.717) is 12.0 Å². The maximum Gasteiger partial charge on any atom is 0.104 e. The summed E-state index contributed by atoms with van der Waals surface area (Å²) in [5, 5.41) is 0. The van der Waals surface area contributed by atoms with Crippen LogP contribution in [-0.2, 0) is 0 Å². The second-order valence-electron chi connectivity index (χ2n) is 5.12. The largest absolute Gasteiger partial charge is 0.342 e. The van der Waals surface area contributed by atoms with Gasteiger partial charge in [0.25, 0.3) is 0 Å². The zero-order chi connectivity index (χ0) is 12.0. The van der Waals surface area contributed by atoms with E-state index >= 15 is 0 Å². The highest BCUT2D eigenvalue weighted by atomic mass is 14.9. The molecule has 4 heteroatoms. The van der Waals surface area contributed by atoms with E-state index in [2.05, 4.69) is 22.1 Å². The highest BCUT2D eigenvalue weighted by Gasteiger charge is 2.31. The third-order valence-electron chi connectivity index (χ3n) is 3.73. The number of fused-ring (bicyclic) bond motifs is 1. The molecule has 2 aromatic rings. The number of hydrogen-bond donors (Lipinski definition) is 3. The minimum atomic E-state index is 0.0998. The molecule has 1 aliphatic carbocycles. The smallest absolute Gasteiger partial charge is 0.104 e. The molecule has 0 radical (unpaired) electrons. The second kappa shape index (κ2) is 3.82. The molecule has 1 aromatic carbocycles. The van der Waals surface area contributed by atoms with Crippen molar-refractivity contribution in [3.8, 4) is 0 Å². The Hall–Kier alpha value is -1.39. The Morgan fingerprint density at radius 2 is 2.18 bits per heavy atom. The monoisotopic (exact) mass is 230 g/mol. The lowest BCUT2D eigenvalue weighted by Crippen LogP contribution is -2.41. The van der Waals surface area contributed by atoms with Crippen LogP contribution >= 0.6 is 0 Å². The fraction of sp³-hybridized carbons (Fsp3) is 0.462. The van der Waals surface area contributed by atoms with Crippen molar-refractivity contribution >= 4 is 11.0 Å². The van der Waals surface area contributed by atoms with Gasteiger partial charge in [-0.1, -0.05) is 6.07 Å². The predicted octanol–water partition coefficient (Wildman–Crippen LogP) is 1.61. The van der Waals surface area contributed by atoms with Crippen molar-refractivity contribution in [1.29, 1.82) is 0 Å². The van der Waals surface area contributed by atoms with Crippen LogP contribution < -0.4 is 11.5 Å². The van der Waals surface area contributed by atoms with E-state index in [4.69, 9.17) is 11.5 Å². The van der Waals surface area contributed by atoms with Gasteiger partial charge in [0, 0.05) is 12.1 Å². The highest BCUT2D eigenvalue weighted by molar-refractivity contribution is 5.76. The zero-order valence-corrected chi connectivity index (χ0v) is 9.98. The first kappa shape index (κ1) is 10.7. The molecule has 0 spiro atoms. The molecule has 5 N–H and O–H groups in total. The van der Waals surface area contributed by atoms with Crippen LogP contribution in [0, 0.1) is 12.8 Å². The third kappa shape index (κ3) is 1.83. The first-order chi connectivity index (χ1) is 8.13. The minimum Gasteiger partial charge on any atom is -0.342 e. The summed E-state index contributed by atoms with van der Waals surface area (Å²) in [7, 11) is 0.